The third-order valence-corrected chi connectivity index (χ3v) is 4.49. The Labute approximate surface area is 143 Å². The minimum atomic E-state index is -1.15. The molecule has 0 bridgehead atoms. The molecule has 0 aromatic heterocycles. The van der Waals surface area contributed by atoms with E-state index in [1.54, 1.807) is 0 Å². The standard InChI is InChI=1S/C20H16F2O3/c1-11-8-16(14-5-3-2-4-13(11)14)17(20(24)25)10-19(23)15-7-6-12(21)9-18(15)22/h2-9,11,17H,10H2,1H3,(H,24,25). The number of Topliss-reactive ketones (excluding diaryl/α,β-unsaturated/α-hetero) is 1. The van der Waals surface area contributed by atoms with Gasteiger partial charge in [-0.15, -0.1) is 0 Å². The second-order valence-electron chi connectivity index (χ2n) is 6.14. The van der Waals surface area contributed by atoms with Crippen molar-refractivity contribution in [3.8, 4) is 0 Å². The van der Waals surface area contributed by atoms with E-state index in [-0.39, 0.29) is 17.9 Å². The maximum absolute atomic E-state index is 13.8. The fourth-order valence-electron chi connectivity index (χ4n) is 3.25. The number of allylic oxidation sites excluding steroid dienone is 1. The van der Waals surface area contributed by atoms with Crippen molar-refractivity contribution in [2.24, 2.45) is 5.92 Å². The van der Waals surface area contributed by atoms with Crippen LogP contribution >= 0.6 is 0 Å². The lowest BCUT2D eigenvalue weighted by atomic mass is 9.88. The number of carboxylic acid groups (broad SMARTS) is 1. The van der Waals surface area contributed by atoms with Crippen LogP contribution in [0.2, 0.25) is 0 Å². The minimum absolute atomic E-state index is 0.0470. The molecule has 2 unspecified atom stereocenters. The van der Waals surface area contributed by atoms with Crippen LogP contribution in [0.15, 0.2) is 48.5 Å². The molecule has 1 aliphatic carbocycles. The van der Waals surface area contributed by atoms with Gasteiger partial charge in [0.25, 0.3) is 0 Å². The Morgan fingerprint density at radius 1 is 1.16 bits per heavy atom. The van der Waals surface area contributed by atoms with Crippen LogP contribution in [0.4, 0.5) is 8.78 Å². The number of benzene rings is 2. The summed E-state index contributed by atoms with van der Waals surface area (Å²) in [6, 6.07) is 10.1. The summed E-state index contributed by atoms with van der Waals surface area (Å²) in [5.74, 6) is -4.61. The van der Waals surface area contributed by atoms with Crippen molar-refractivity contribution in [3.63, 3.8) is 0 Å². The second-order valence-corrected chi connectivity index (χ2v) is 6.14. The van der Waals surface area contributed by atoms with Crippen LogP contribution in [0, 0.1) is 17.6 Å². The highest BCUT2D eigenvalue weighted by Crippen LogP contribution is 2.40. The van der Waals surface area contributed by atoms with Gasteiger partial charge in [-0.2, -0.15) is 0 Å². The van der Waals surface area contributed by atoms with Gasteiger partial charge in [0.1, 0.15) is 11.6 Å². The summed E-state index contributed by atoms with van der Waals surface area (Å²) in [7, 11) is 0. The van der Waals surface area contributed by atoms with E-state index in [0.717, 1.165) is 23.3 Å². The number of carbonyl (C=O) groups is 2. The average Bonchev–Trinajstić information content (AvgIpc) is 2.89. The van der Waals surface area contributed by atoms with E-state index < -0.39 is 29.3 Å². The molecule has 0 saturated heterocycles. The number of fused-ring (bicyclic) bond motifs is 1. The Morgan fingerprint density at radius 2 is 1.88 bits per heavy atom. The lowest BCUT2D eigenvalue weighted by molar-refractivity contribution is -0.139. The van der Waals surface area contributed by atoms with Crippen LogP contribution in [-0.2, 0) is 4.79 Å². The van der Waals surface area contributed by atoms with E-state index in [2.05, 4.69) is 0 Å². The molecule has 2 aromatic rings. The number of rotatable bonds is 5. The highest BCUT2D eigenvalue weighted by atomic mass is 19.1. The van der Waals surface area contributed by atoms with E-state index in [1.165, 1.54) is 0 Å². The van der Waals surface area contributed by atoms with Crippen LogP contribution < -0.4 is 0 Å². The zero-order chi connectivity index (χ0) is 18.1. The molecule has 1 aliphatic rings. The van der Waals surface area contributed by atoms with Crippen LogP contribution in [0.25, 0.3) is 5.57 Å². The zero-order valence-electron chi connectivity index (χ0n) is 13.5. The number of hydrogen-bond donors (Lipinski definition) is 1. The van der Waals surface area contributed by atoms with Crippen LogP contribution in [0.1, 0.15) is 40.7 Å². The first-order chi connectivity index (χ1) is 11.9. The molecular weight excluding hydrogens is 326 g/mol. The molecule has 0 saturated carbocycles. The molecule has 5 heteroatoms. The molecule has 2 atom stereocenters. The van der Waals surface area contributed by atoms with Crippen LogP contribution in [0.3, 0.4) is 0 Å². The van der Waals surface area contributed by atoms with Gasteiger partial charge in [0.15, 0.2) is 5.78 Å². The van der Waals surface area contributed by atoms with Gasteiger partial charge in [-0.3, -0.25) is 9.59 Å². The predicted molar refractivity (Wildman–Crippen MR) is 89.3 cm³/mol. The van der Waals surface area contributed by atoms with Gasteiger partial charge in [-0.1, -0.05) is 37.3 Å². The molecule has 0 aliphatic heterocycles. The van der Waals surface area contributed by atoms with Crippen molar-refractivity contribution < 1.29 is 23.5 Å². The fraction of sp³-hybridized carbons (Fsp3) is 0.200. The average molecular weight is 342 g/mol. The Hall–Kier alpha value is -2.82. The Morgan fingerprint density at radius 3 is 2.56 bits per heavy atom. The summed E-state index contributed by atoms with van der Waals surface area (Å²) in [4.78, 5) is 24.2. The number of carboxylic acids is 1. The quantitative estimate of drug-likeness (QED) is 0.818. The Balaban J connectivity index is 1.92. The zero-order valence-corrected chi connectivity index (χ0v) is 13.5. The number of hydrogen-bond acceptors (Lipinski definition) is 2. The van der Waals surface area contributed by atoms with Gasteiger partial charge >= 0.3 is 5.97 Å². The SMILES string of the molecule is CC1C=C(C(CC(=O)c2ccc(F)cc2F)C(=O)O)c2ccccc21. The van der Waals surface area contributed by atoms with E-state index in [0.29, 0.717) is 11.6 Å². The van der Waals surface area contributed by atoms with Gasteiger partial charge in [0, 0.05) is 18.4 Å². The van der Waals surface area contributed by atoms with E-state index in [1.807, 2.05) is 37.3 Å². The monoisotopic (exact) mass is 342 g/mol. The van der Waals surface area contributed by atoms with Crippen molar-refractivity contribution in [2.45, 2.75) is 19.3 Å². The van der Waals surface area contributed by atoms with Crippen molar-refractivity contribution in [3.05, 3.63) is 76.9 Å². The maximum atomic E-state index is 13.8. The van der Waals surface area contributed by atoms with Gasteiger partial charge in [-0.05, 0) is 28.8 Å². The van der Waals surface area contributed by atoms with Crippen molar-refractivity contribution in [2.75, 3.05) is 0 Å². The fourth-order valence-corrected chi connectivity index (χ4v) is 3.25. The van der Waals surface area contributed by atoms with Gasteiger partial charge < -0.3 is 5.11 Å². The largest absolute Gasteiger partial charge is 0.481 e. The summed E-state index contributed by atoms with van der Waals surface area (Å²) >= 11 is 0. The molecule has 25 heavy (non-hydrogen) atoms. The summed E-state index contributed by atoms with van der Waals surface area (Å²) < 4.78 is 26.8. The number of aliphatic carboxylic acids is 1. The normalized spacial score (nSPS) is 16.9. The Bertz CT molecular complexity index is 886. The Kier molecular flexibility index (Phi) is 4.49. The van der Waals surface area contributed by atoms with Crippen molar-refractivity contribution in [1.29, 1.82) is 0 Å². The topological polar surface area (TPSA) is 54.4 Å². The lowest BCUT2D eigenvalue weighted by Crippen LogP contribution is -2.20. The van der Waals surface area contributed by atoms with E-state index in [4.69, 9.17) is 0 Å². The number of ketones is 1. The third kappa shape index (κ3) is 3.22. The molecule has 2 aromatic carbocycles. The van der Waals surface area contributed by atoms with Crippen molar-refractivity contribution in [1.82, 2.24) is 0 Å². The first-order valence-electron chi connectivity index (χ1n) is 7.90. The molecule has 0 spiro atoms. The lowest BCUT2D eigenvalue weighted by Gasteiger charge is -2.15. The molecule has 0 fully saturated rings. The third-order valence-electron chi connectivity index (χ3n) is 4.49. The number of halogens is 2. The molecule has 0 radical (unpaired) electrons. The maximum Gasteiger partial charge on any atom is 0.311 e. The summed E-state index contributed by atoms with van der Waals surface area (Å²) in [5, 5.41) is 9.61. The molecular formula is C20H16F2O3. The highest BCUT2D eigenvalue weighted by Gasteiger charge is 2.32. The first-order valence-corrected chi connectivity index (χ1v) is 7.90. The molecule has 1 N–H and O–H groups in total. The van der Waals surface area contributed by atoms with Crippen molar-refractivity contribution >= 4 is 17.3 Å². The van der Waals surface area contributed by atoms with E-state index in [9.17, 15) is 23.5 Å². The predicted octanol–water partition coefficient (Wildman–Crippen LogP) is 4.44. The van der Waals surface area contributed by atoms with Gasteiger partial charge in [0.2, 0.25) is 0 Å². The molecule has 0 amide bonds. The summed E-state index contributed by atoms with van der Waals surface area (Å²) in [6.45, 7) is 1.95. The minimum Gasteiger partial charge on any atom is -0.481 e. The summed E-state index contributed by atoms with van der Waals surface area (Å²) in [6.07, 6.45) is 1.45. The van der Waals surface area contributed by atoms with Gasteiger partial charge in [0.05, 0.1) is 11.5 Å². The smallest absolute Gasteiger partial charge is 0.311 e. The van der Waals surface area contributed by atoms with Gasteiger partial charge in [-0.25, -0.2) is 8.78 Å². The summed E-state index contributed by atoms with van der Waals surface area (Å²) in [5.41, 5.74) is 2.07. The van der Waals surface area contributed by atoms with E-state index >= 15 is 0 Å². The second kappa shape index (κ2) is 6.59. The number of carbonyl (C=O) groups excluding carboxylic acids is 1. The molecule has 0 heterocycles. The van der Waals surface area contributed by atoms with Crippen LogP contribution in [-0.4, -0.2) is 16.9 Å². The van der Waals surface area contributed by atoms with Crippen LogP contribution in [0.5, 0.6) is 0 Å². The molecule has 3 rings (SSSR count). The molecule has 3 nitrogen and oxygen atoms in total. The first kappa shape index (κ1) is 17.0. The highest BCUT2D eigenvalue weighted by molar-refractivity contribution is 6.02. The molecule has 128 valence electrons.